The Morgan fingerprint density at radius 1 is 1.24 bits per heavy atom. The fourth-order valence-electron chi connectivity index (χ4n) is 3.63. The van der Waals surface area contributed by atoms with E-state index in [9.17, 15) is 24.3 Å². The standard InChI is InChI=1S/C20H27N7O6/c1-27-12(9-23-16-15(27)18(31)26-20(21)25-16)8-22-11-4-2-10(3-5-11)17(30)24-13(19(32)33)6-7-14(28)29/h2-5,12-13,15,20,22H,6-9,21H2,1H3,(H,23,25)(H,24,30)(H,26,31)(H,28,29)(H,32,33)/t12-,13-,15?,20?/m0/s1. The number of hydrogen-bond donors (Lipinski definition) is 7. The lowest BCUT2D eigenvalue weighted by molar-refractivity contribution is -0.140. The molecule has 2 unspecified atom stereocenters. The summed E-state index contributed by atoms with van der Waals surface area (Å²) in [5.41, 5.74) is 6.68. The summed E-state index contributed by atoms with van der Waals surface area (Å²) in [5.74, 6) is -2.72. The minimum atomic E-state index is -1.30. The first-order valence-corrected chi connectivity index (χ1v) is 10.3. The van der Waals surface area contributed by atoms with Crippen molar-refractivity contribution in [3.8, 4) is 0 Å². The van der Waals surface area contributed by atoms with Gasteiger partial charge in [-0.1, -0.05) is 0 Å². The number of nitrogens with one attached hydrogen (secondary N) is 4. The van der Waals surface area contributed by atoms with Crippen molar-refractivity contribution in [2.45, 2.75) is 37.3 Å². The van der Waals surface area contributed by atoms with Crippen molar-refractivity contribution in [3.05, 3.63) is 29.8 Å². The highest BCUT2D eigenvalue weighted by molar-refractivity contribution is 6.09. The summed E-state index contributed by atoms with van der Waals surface area (Å²) in [6.45, 7) is 0.959. The zero-order chi connectivity index (χ0) is 24.1. The van der Waals surface area contributed by atoms with Crippen molar-refractivity contribution in [2.75, 3.05) is 25.5 Å². The first kappa shape index (κ1) is 23.9. The highest BCUT2D eigenvalue weighted by atomic mass is 16.4. The van der Waals surface area contributed by atoms with E-state index in [0.29, 0.717) is 18.9 Å². The zero-order valence-electron chi connectivity index (χ0n) is 17.9. The van der Waals surface area contributed by atoms with Crippen molar-refractivity contribution >= 4 is 35.3 Å². The number of aliphatic carboxylic acids is 2. The molecule has 0 radical (unpaired) electrons. The molecule has 8 N–H and O–H groups in total. The van der Waals surface area contributed by atoms with Crippen LogP contribution >= 0.6 is 0 Å². The Labute approximate surface area is 189 Å². The molecule has 1 saturated heterocycles. The average Bonchev–Trinajstić information content (AvgIpc) is 2.75. The number of anilines is 1. The van der Waals surface area contributed by atoms with E-state index in [1.54, 1.807) is 12.1 Å². The van der Waals surface area contributed by atoms with Gasteiger partial charge >= 0.3 is 11.9 Å². The molecule has 178 valence electrons. The number of amidine groups is 1. The van der Waals surface area contributed by atoms with Crippen LogP contribution in [0.25, 0.3) is 0 Å². The lowest BCUT2D eigenvalue weighted by Crippen LogP contribution is -2.71. The van der Waals surface area contributed by atoms with Crippen molar-refractivity contribution in [2.24, 2.45) is 10.7 Å². The van der Waals surface area contributed by atoms with Crippen molar-refractivity contribution in [1.29, 1.82) is 0 Å². The molecular formula is C20H27N7O6. The molecule has 0 saturated carbocycles. The van der Waals surface area contributed by atoms with Crippen molar-refractivity contribution in [1.82, 2.24) is 20.9 Å². The van der Waals surface area contributed by atoms with Crippen LogP contribution in [0.4, 0.5) is 5.69 Å². The molecule has 33 heavy (non-hydrogen) atoms. The molecule has 2 amide bonds. The van der Waals surface area contributed by atoms with Crippen LogP contribution in [0.5, 0.6) is 0 Å². The van der Waals surface area contributed by atoms with Gasteiger partial charge < -0.3 is 31.5 Å². The van der Waals surface area contributed by atoms with Gasteiger partial charge in [0.2, 0.25) is 5.91 Å². The lowest BCUT2D eigenvalue weighted by atomic mass is 10.1. The second kappa shape index (κ2) is 10.3. The minimum absolute atomic E-state index is 0.0610. The van der Waals surface area contributed by atoms with E-state index in [0.717, 1.165) is 5.69 Å². The summed E-state index contributed by atoms with van der Waals surface area (Å²) in [5, 5.41) is 29.1. The maximum Gasteiger partial charge on any atom is 0.326 e. The van der Waals surface area contributed by atoms with Crippen molar-refractivity contribution < 1.29 is 29.4 Å². The van der Waals surface area contributed by atoms with E-state index >= 15 is 0 Å². The summed E-state index contributed by atoms with van der Waals surface area (Å²) in [6, 6.07) is 4.53. The number of fused-ring (bicyclic) bond motifs is 1. The molecule has 0 aromatic heterocycles. The van der Waals surface area contributed by atoms with Crippen LogP contribution in [-0.4, -0.2) is 89.3 Å². The highest BCUT2D eigenvalue weighted by Gasteiger charge is 2.40. The van der Waals surface area contributed by atoms with E-state index in [1.165, 1.54) is 12.1 Å². The van der Waals surface area contributed by atoms with Gasteiger partial charge in [-0.2, -0.15) is 0 Å². The van der Waals surface area contributed by atoms with Gasteiger partial charge in [0, 0.05) is 30.3 Å². The SMILES string of the molecule is CN1C2C(=O)NC(N)NC2=NC[C@@H]1CNc1ccc(C(=O)N[C@@H](CCC(=O)O)C(=O)O)cc1. The third kappa shape index (κ3) is 5.96. The van der Waals surface area contributed by atoms with E-state index in [-0.39, 0.29) is 30.4 Å². The Bertz CT molecular complexity index is 951. The van der Waals surface area contributed by atoms with Gasteiger partial charge in [0.1, 0.15) is 17.9 Å². The number of likely N-dealkylation sites (N-methyl/N-ethyl adjacent to an activating group) is 1. The van der Waals surface area contributed by atoms with E-state index in [4.69, 9.17) is 10.8 Å². The molecule has 2 aliphatic heterocycles. The first-order valence-electron chi connectivity index (χ1n) is 10.3. The summed E-state index contributed by atoms with van der Waals surface area (Å²) in [6.07, 6.45) is -1.24. The molecule has 1 aromatic carbocycles. The maximum absolute atomic E-state index is 12.3. The molecule has 4 atom stereocenters. The third-order valence-electron chi connectivity index (χ3n) is 5.50. The Morgan fingerprint density at radius 3 is 2.58 bits per heavy atom. The zero-order valence-corrected chi connectivity index (χ0v) is 17.9. The number of benzene rings is 1. The smallest absolute Gasteiger partial charge is 0.326 e. The van der Waals surface area contributed by atoms with Crippen LogP contribution < -0.4 is 27.0 Å². The number of carbonyl (C=O) groups is 4. The van der Waals surface area contributed by atoms with Gasteiger partial charge in [-0.15, -0.1) is 0 Å². The van der Waals surface area contributed by atoms with Gasteiger partial charge in [0.05, 0.1) is 6.54 Å². The van der Waals surface area contributed by atoms with Crippen LogP contribution in [0.2, 0.25) is 0 Å². The highest BCUT2D eigenvalue weighted by Crippen LogP contribution is 2.16. The second-order valence-electron chi connectivity index (χ2n) is 7.83. The number of nitrogens with two attached hydrogens (primary N) is 1. The summed E-state index contributed by atoms with van der Waals surface area (Å²) < 4.78 is 0. The monoisotopic (exact) mass is 461 g/mol. The number of nitrogens with zero attached hydrogens (tertiary/aromatic N) is 2. The summed E-state index contributed by atoms with van der Waals surface area (Å²) >= 11 is 0. The van der Waals surface area contributed by atoms with Crippen LogP contribution in [0.3, 0.4) is 0 Å². The fourth-order valence-corrected chi connectivity index (χ4v) is 3.63. The average molecular weight is 461 g/mol. The molecule has 2 aliphatic rings. The number of aliphatic imine (C=N–C) groups is 1. The number of carboxylic acid groups (broad SMARTS) is 2. The summed E-state index contributed by atoms with van der Waals surface area (Å²) in [7, 11) is 1.83. The first-order chi connectivity index (χ1) is 15.7. The molecule has 0 aliphatic carbocycles. The molecule has 0 spiro atoms. The predicted molar refractivity (Wildman–Crippen MR) is 118 cm³/mol. The maximum atomic E-state index is 12.3. The molecule has 0 bridgehead atoms. The van der Waals surface area contributed by atoms with E-state index < -0.39 is 36.2 Å². The third-order valence-corrected chi connectivity index (χ3v) is 5.50. The molecule has 1 aromatic rings. The molecule has 1 fully saturated rings. The minimum Gasteiger partial charge on any atom is -0.481 e. The van der Waals surface area contributed by atoms with Crippen LogP contribution in [0, 0.1) is 0 Å². The molecule has 2 heterocycles. The number of hydrogen-bond acceptors (Lipinski definition) is 9. The van der Waals surface area contributed by atoms with Crippen LogP contribution in [0.1, 0.15) is 23.2 Å². The second-order valence-corrected chi connectivity index (χ2v) is 7.83. The predicted octanol–water partition coefficient (Wildman–Crippen LogP) is -1.81. The van der Waals surface area contributed by atoms with E-state index in [1.807, 2.05) is 11.9 Å². The largest absolute Gasteiger partial charge is 0.481 e. The van der Waals surface area contributed by atoms with E-state index in [2.05, 4.69) is 26.3 Å². The molecular weight excluding hydrogens is 434 g/mol. The molecule has 13 heteroatoms. The number of rotatable bonds is 9. The van der Waals surface area contributed by atoms with Gasteiger partial charge in [-0.25, -0.2) is 4.79 Å². The van der Waals surface area contributed by atoms with Gasteiger partial charge in [-0.3, -0.25) is 30.0 Å². The topological polar surface area (TPSA) is 198 Å². The number of carbonyl (C=O) groups excluding carboxylic acids is 2. The van der Waals surface area contributed by atoms with Gasteiger partial charge in [-0.05, 0) is 37.7 Å². The number of carboxylic acids is 2. The van der Waals surface area contributed by atoms with Crippen LogP contribution in [0.15, 0.2) is 29.3 Å². The lowest BCUT2D eigenvalue weighted by Gasteiger charge is -2.42. The summed E-state index contributed by atoms with van der Waals surface area (Å²) in [4.78, 5) is 52.9. The number of amides is 2. The van der Waals surface area contributed by atoms with Gasteiger partial charge in [0.15, 0.2) is 6.29 Å². The Morgan fingerprint density at radius 2 is 1.94 bits per heavy atom. The Kier molecular flexibility index (Phi) is 7.45. The van der Waals surface area contributed by atoms with Crippen molar-refractivity contribution in [3.63, 3.8) is 0 Å². The Balaban J connectivity index is 1.55. The quantitative estimate of drug-likeness (QED) is 0.220. The molecule has 3 rings (SSSR count). The van der Waals surface area contributed by atoms with Crippen LogP contribution in [-0.2, 0) is 14.4 Å². The van der Waals surface area contributed by atoms with Gasteiger partial charge in [0.25, 0.3) is 5.91 Å². The normalized spacial score (nSPS) is 23.3. The molecule has 13 nitrogen and oxygen atoms in total. The fraction of sp³-hybridized carbons (Fsp3) is 0.450. The Hall–Kier alpha value is -3.71.